The number of aromatic amines is 1. The summed E-state index contributed by atoms with van der Waals surface area (Å²) < 4.78 is 14.2. The van der Waals surface area contributed by atoms with E-state index < -0.39 is 0 Å². The van der Waals surface area contributed by atoms with Gasteiger partial charge in [0.2, 0.25) is 0 Å². The number of rotatable bonds is 8. The van der Waals surface area contributed by atoms with Crippen molar-refractivity contribution in [2.75, 3.05) is 55.6 Å². The molecule has 178 valence electrons. The summed E-state index contributed by atoms with van der Waals surface area (Å²) in [7, 11) is 0. The van der Waals surface area contributed by atoms with Gasteiger partial charge in [0.15, 0.2) is 0 Å². The Morgan fingerprint density at radius 3 is 2.38 bits per heavy atom. The lowest BCUT2D eigenvalue weighted by molar-refractivity contribution is 0.255. The molecule has 34 heavy (non-hydrogen) atoms. The molecule has 2 aromatic carbocycles. The van der Waals surface area contributed by atoms with Gasteiger partial charge in [-0.2, -0.15) is 5.26 Å². The molecule has 7 heteroatoms. The molecule has 1 aromatic heterocycles. The first-order valence-corrected chi connectivity index (χ1v) is 12.1. The van der Waals surface area contributed by atoms with E-state index in [1.807, 2.05) is 44.2 Å². The summed E-state index contributed by atoms with van der Waals surface area (Å²) in [6.45, 7) is 10.4. The number of pyridine rings is 1. The van der Waals surface area contributed by atoms with Gasteiger partial charge in [-0.15, -0.1) is 0 Å². The van der Waals surface area contributed by atoms with Gasteiger partial charge in [0, 0.05) is 61.7 Å². The molecule has 0 amide bonds. The van der Waals surface area contributed by atoms with E-state index in [9.17, 15) is 9.18 Å². The Balaban J connectivity index is 1.37. The highest BCUT2D eigenvalue weighted by molar-refractivity contribution is 5.94. The number of hydrogen-bond acceptors (Lipinski definition) is 5. The van der Waals surface area contributed by atoms with Gasteiger partial charge < -0.3 is 14.8 Å². The molecule has 1 fully saturated rings. The molecule has 3 aromatic rings. The number of H-pyrrole nitrogens is 1. The summed E-state index contributed by atoms with van der Waals surface area (Å²) >= 11 is 0. The summed E-state index contributed by atoms with van der Waals surface area (Å²) in [6.07, 6.45) is 1.72. The normalized spacial score (nSPS) is 14.4. The predicted octanol–water partition coefficient (Wildman–Crippen LogP) is 4.14. The van der Waals surface area contributed by atoms with Gasteiger partial charge in [-0.3, -0.25) is 9.69 Å². The van der Waals surface area contributed by atoms with Crippen LogP contribution in [0.3, 0.4) is 0 Å². The van der Waals surface area contributed by atoms with E-state index in [1.165, 1.54) is 12.1 Å². The van der Waals surface area contributed by atoms with Gasteiger partial charge in [0.25, 0.3) is 5.56 Å². The molecule has 0 spiro atoms. The predicted molar refractivity (Wildman–Crippen MR) is 136 cm³/mol. The summed E-state index contributed by atoms with van der Waals surface area (Å²) in [5.74, 6) is -0.382. The Bertz CT molecular complexity index is 1220. The highest BCUT2D eigenvalue weighted by Gasteiger charge is 2.17. The molecule has 0 aliphatic carbocycles. The van der Waals surface area contributed by atoms with Crippen LogP contribution in [0.4, 0.5) is 15.8 Å². The van der Waals surface area contributed by atoms with Gasteiger partial charge in [-0.05, 0) is 75.7 Å². The Kier molecular flexibility index (Phi) is 7.49. The second kappa shape index (κ2) is 10.7. The molecule has 1 aliphatic rings. The van der Waals surface area contributed by atoms with E-state index >= 15 is 0 Å². The van der Waals surface area contributed by atoms with Crippen molar-refractivity contribution < 1.29 is 4.39 Å². The van der Waals surface area contributed by atoms with Crippen LogP contribution in [0.5, 0.6) is 0 Å². The molecule has 0 unspecified atom stereocenters. The number of hydrogen-bond donors (Lipinski definition) is 1. The maximum absolute atomic E-state index is 14.2. The van der Waals surface area contributed by atoms with Crippen LogP contribution in [0.15, 0.2) is 47.3 Å². The van der Waals surface area contributed by atoms with Gasteiger partial charge in [0.05, 0.1) is 17.0 Å². The number of anilines is 2. The largest absolute Gasteiger partial charge is 0.372 e. The second-order valence-electron chi connectivity index (χ2n) is 8.77. The number of aryl methyl sites for hydroxylation is 1. The zero-order chi connectivity index (χ0) is 24.1. The van der Waals surface area contributed by atoms with Crippen molar-refractivity contribution in [3.8, 4) is 6.07 Å². The first-order valence-electron chi connectivity index (χ1n) is 12.1. The van der Waals surface area contributed by atoms with Crippen molar-refractivity contribution in [2.24, 2.45) is 0 Å². The summed E-state index contributed by atoms with van der Waals surface area (Å²) in [5, 5.41) is 10.2. The lowest BCUT2D eigenvalue weighted by Gasteiger charge is -2.36. The first-order chi connectivity index (χ1) is 16.5. The Hall–Kier alpha value is -3.37. The number of piperazine rings is 1. The zero-order valence-electron chi connectivity index (χ0n) is 20.0. The zero-order valence-corrected chi connectivity index (χ0v) is 20.0. The van der Waals surface area contributed by atoms with Crippen molar-refractivity contribution in [1.29, 1.82) is 5.26 Å². The lowest BCUT2D eigenvalue weighted by Crippen LogP contribution is -2.46. The van der Waals surface area contributed by atoms with Crippen LogP contribution in [0.2, 0.25) is 0 Å². The fourth-order valence-corrected chi connectivity index (χ4v) is 4.80. The smallest absolute Gasteiger partial charge is 0.256 e. The number of aromatic nitrogens is 1. The van der Waals surface area contributed by atoms with Crippen LogP contribution in [0.1, 0.15) is 31.5 Å². The fourth-order valence-electron chi connectivity index (χ4n) is 4.80. The minimum atomic E-state index is -0.382. The van der Waals surface area contributed by atoms with Gasteiger partial charge >= 0.3 is 0 Å². The number of nitriles is 1. The van der Waals surface area contributed by atoms with Gasteiger partial charge in [0.1, 0.15) is 5.82 Å². The van der Waals surface area contributed by atoms with Crippen LogP contribution in [0, 0.1) is 17.1 Å². The van der Waals surface area contributed by atoms with Crippen LogP contribution < -0.4 is 15.4 Å². The van der Waals surface area contributed by atoms with Crippen molar-refractivity contribution in [1.82, 2.24) is 9.88 Å². The molecule has 0 bridgehead atoms. The van der Waals surface area contributed by atoms with Crippen LogP contribution >= 0.6 is 0 Å². The number of nitrogens with zero attached hydrogens (tertiary/aromatic N) is 4. The number of fused-ring (bicyclic) bond motifs is 1. The van der Waals surface area contributed by atoms with Crippen LogP contribution in [0.25, 0.3) is 10.8 Å². The number of benzene rings is 2. The average molecular weight is 462 g/mol. The third-order valence-electron chi connectivity index (χ3n) is 6.72. The Morgan fingerprint density at radius 2 is 1.74 bits per heavy atom. The SMILES string of the molecule is CCN(CC)c1cc(F)cc2c(=O)[nH]c(CCCN3CCN(c4ccc(C#N)cc4)CC3)cc12. The van der Waals surface area contributed by atoms with Gasteiger partial charge in [-0.25, -0.2) is 4.39 Å². The van der Waals surface area contributed by atoms with E-state index in [4.69, 9.17) is 5.26 Å². The van der Waals surface area contributed by atoms with E-state index in [-0.39, 0.29) is 11.4 Å². The fraction of sp³-hybridized carbons (Fsp3) is 0.407. The Morgan fingerprint density at radius 1 is 1.03 bits per heavy atom. The van der Waals surface area contributed by atoms with Crippen molar-refractivity contribution in [3.63, 3.8) is 0 Å². The lowest BCUT2D eigenvalue weighted by atomic mass is 10.1. The monoisotopic (exact) mass is 461 g/mol. The minimum absolute atomic E-state index is 0.226. The molecule has 2 heterocycles. The second-order valence-corrected chi connectivity index (χ2v) is 8.77. The molecule has 1 N–H and O–H groups in total. The van der Waals surface area contributed by atoms with E-state index in [2.05, 4.69) is 25.8 Å². The van der Waals surface area contributed by atoms with Crippen LogP contribution in [-0.2, 0) is 6.42 Å². The van der Waals surface area contributed by atoms with E-state index in [1.54, 1.807) is 0 Å². The van der Waals surface area contributed by atoms with E-state index in [0.29, 0.717) is 10.9 Å². The third-order valence-corrected chi connectivity index (χ3v) is 6.72. The summed E-state index contributed by atoms with van der Waals surface area (Å²) in [6, 6.07) is 14.8. The van der Waals surface area contributed by atoms with Crippen LogP contribution in [-0.4, -0.2) is 55.7 Å². The average Bonchev–Trinajstić information content (AvgIpc) is 2.86. The number of nitrogens with one attached hydrogen (secondary N) is 1. The van der Waals surface area contributed by atoms with Crippen molar-refractivity contribution in [3.05, 3.63) is 69.9 Å². The first kappa shape index (κ1) is 23.8. The molecule has 0 saturated carbocycles. The maximum Gasteiger partial charge on any atom is 0.256 e. The maximum atomic E-state index is 14.2. The van der Waals surface area contributed by atoms with Crippen molar-refractivity contribution >= 4 is 22.1 Å². The molecule has 1 saturated heterocycles. The standard InChI is InChI=1S/C27H32FN5O/c1-3-32(4-2)26-17-21(28)16-25-24(26)18-22(30-27(25)34)6-5-11-31-12-14-33(15-13-31)23-9-7-20(19-29)8-10-23/h7-10,16-18H,3-6,11-15H2,1-2H3,(H,30,34). The molecule has 0 radical (unpaired) electrons. The molecular weight excluding hydrogens is 429 g/mol. The molecule has 6 nitrogen and oxygen atoms in total. The highest BCUT2D eigenvalue weighted by Crippen LogP contribution is 2.27. The Labute approximate surface area is 200 Å². The third kappa shape index (κ3) is 5.23. The molecule has 1 aliphatic heterocycles. The quantitative estimate of drug-likeness (QED) is 0.546. The molecule has 4 rings (SSSR count). The summed E-state index contributed by atoms with van der Waals surface area (Å²) in [4.78, 5) is 22.6. The van der Waals surface area contributed by atoms with E-state index in [0.717, 1.165) is 81.1 Å². The molecule has 0 atom stereocenters. The van der Waals surface area contributed by atoms with Gasteiger partial charge in [-0.1, -0.05) is 0 Å². The van der Waals surface area contributed by atoms with Crippen molar-refractivity contribution in [2.45, 2.75) is 26.7 Å². The molecular formula is C27H32FN5O. The minimum Gasteiger partial charge on any atom is -0.372 e. The summed E-state index contributed by atoms with van der Waals surface area (Å²) in [5.41, 5.74) is 3.30. The highest BCUT2D eigenvalue weighted by atomic mass is 19.1. The topological polar surface area (TPSA) is 66.4 Å². The number of halogens is 1.